The number of thiocarbonyl (C=S) groups is 1. The molecule has 0 radical (unpaired) electrons. The third-order valence-corrected chi connectivity index (χ3v) is 6.26. The molecule has 0 bridgehead atoms. The molecule has 0 aliphatic rings. The molecule has 33 heavy (non-hydrogen) atoms. The highest BCUT2D eigenvalue weighted by molar-refractivity contribution is 9.10. The minimum Gasteiger partial charge on any atom is -0.331 e. The number of hydrogen-bond donors (Lipinski definition) is 2. The predicted molar refractivity (Wildman–Crippen MR) is 140 cm³/mol. The summed E-state index contributed by atoms with van der Waals surface area (Å²) in [6.45, 7) is 2.19. The quantitative estimate of drug-likeness (QED) is 0.280. The second kappa shape index (κ2) is 10.4. The summed E-state index contributed by atoms with van der Waals surface area (Å²) in [7, 11) is 0. The minimum absolute atomic E-state index is 0.132. The Morgan fingerprint density at radius 2 is 1.79 bits per heavy atom. The topological polar surface area (TPSA) is 71.8 Å². The summed E-state index contributed by atoms with van der Waals surface area (Å²) in [5.74, 6) is -0.328. The molecule has 0 spiro atoms. The highest BCUT2D eigenvalue weighted by Gasteiger charge is 2.14. The Labute approximate surface area is 210 Å². The van der Waals surface area contributed by atoms with Crippen molar-refractivity contribution in [2.24, 2.45) is 0 Å². The first-order valence-corrected chi connectivity index (χ1v) is 12.1. The van der Waals surface area contributed by atoms with E-state index in [1.54, 1.807) is 35.1 Å². The van der Waals surface area contributed by atoms with Gasteiger partial charge in [0.2, 0.25) is 0 Å². The smallest absolute Gasteiger partial charge is 0.258 e. The highest BCUT2D eigenvalue weighted by atomic mass is 79.9. The summed E-state index contributed by atoms with van der Waals surface area (Å²) in [5.41, 5.74) is 4.48. The Bertz CT molecular complexity index is 1320. The first kappa shape index (κ1) is 23.4. The molecule has 168 valence electrons. The lowest BCUT2D eigenvalue weighted by Gasteiger charge is -2.11. The van der Waals surface area contributed by atoms with Crippen LogP contribution in [0.2, 0.25) is 5.02 Å². The lowest BCUT2D eigenvalue weighted by atomic mass is 10.1. The van der Waals surface area contributed by atoms with E-state index in [1.807, 2.05) is 18.2 Å². The number of nitrogens with zero attached hydrogens (tertiary/aromatic N) is 3. The Morgan fingerprint density at radius 1 is 1.09 bits per heavy atom. The van der Waals surface area contributed by atoms with Crippen LogP contribution < -0.4 is 10.6 Å². The molecule has 0 saturated carbocycles. The first-order chi connectivity index (χ1) is 15.9. The van der Waals surface area contributed by atoms with Crippen LogP contribution in [-0.4, -0.2) is 26.0 Å². The molecule has 0 fully saturated rings. The van der Waals surface area contributed by atoms with Crippen molar-refractivity contribution in [1.82, 2.24) is 20.3 Å². The van der Waals surface area contributed by atoms with E-state index in [4.69, 9.17) is 23.8 Å². The number of carbonyl (C=O) groups is 1. The lowest BCUT2D eigenvalue weighted by Crippen LogP contribution is -2.34. The summed E-state index contributed by atoms with van der Waals surface area (Å²) >= 11 is 15.1. The number of amides is 1. The van der Waals surface area contributed by atoms with Gasteiger partial charge in [0, 0.05) is 4.47 Å². The zero-order valence-electron chi connectivity index (χ0n) is 17.8. The molecule has 4 aromatic rings. The van der Waals surface area contributed by atoms with Gasteiger partial charge in [-0.2, -0.15) is 4.80 Å². The number of aromatic nitrogens is 3. The molecule has 1 aromatic heterocycles. The number of anilines is 1. The number of nitrogens with one attached hydrogen (secondary N) is 2. The van der Waals surface area contributed by atoms with Crippen molar-refractivity contribution in [3.8, 4) is 5.69 Å². The summed E-state index contributed by atoms with van der Waals surface area (Å²) < 4.78 is 0.680. The van der Waals surface area contributed by atoms with Gasteiger partial charge in [0.05, 0.1) is 22.0 Å². The van der Waals surface area contributed by atoms with Crippen LogP contribution in [0.1, 0.15) is 35.7 Å². The number of rotatable bonds is 6. The zero-order chi connectivity index (χ0) is 23.4. The molecule has 4 rings (SSSR count). The lowest BCUT2D eigenvalue weighted by molar-refractivity contribution is 0.0977. The maximum absolute atomic E-state index is 12.5. The van der Waals surface area contributed by atoms with Crippen molar-refractivity contribution in [2.45, 2.75) is 26.2 Å². The fourth-order valence-electron chi connectivity index (χ4n) is 3.30. The molecule has 9 heteroatoms. The molecule has 1 amide bonds. The van der Waals surface area contributed by atoms with Gasteiger partial charge in [-0.05, 0) is 83.0 Å². The molecule has 0 unspecified atom stereocenters. The second-order valence-electron chi connectivity index (χ2n) is 7.47. The van der Waals surface area contributed by atoms with Crippen molar-refractivity contribution < 1.29 is 4.79 Å². The molecule has 3 aromatic carbocycles. The van der Waals surface area contributed by atoms with E-state index >= 15 is 0 Å². The number of fused-ring (bicyclic) bond motifs is 1. The van der Waals surface area contributed by atoms with Crippen LogP contribution in [0.5, 0.6) is 0 Å². The van der Waals surface area contributed by atoms with Gasteiger partial charge in [-0.15, -0.1) is 10.2 Å². The predicted octanol–water partition coefficient (Wildman–Crippen LogP) is 6.31. The van der Waals surface area contributed by atoms with Gasteiger partial charge in [-0.1, -0.05) is 49.2 Å². The van der Waals surface area contributed by atoms with Crippen molar-refractivity contribution in [3.05, 3.63) is 81.3 Å². The van der Waals surface area contributed by atoms with Gasteiger partial charge in [-0.3, -0.25) is 10.1 Å². The van der Waals surface area contributed by atoms with E-state index in [2.05, 4.69) is 55.8 Å². The SMILES string of the molecule is CCCCc1ccc(-n2nc3cc(Cl)c(NC(=S)NC(=O)c4ccccc4Br)cc3n2)cc1. The van der Waals surface area contributed by atoms with E-state index in [-0.39, 0.29) is 11.0 Å². The Hall–Kier alpha value is -2.81. The standard InChI is InChI=1S/C24H21BrClN5OS/c1-2-3-6-15-9-11-16(12-10-15)31-29-21-13-19(26)20(14-22(21)30-31)27-24(33)28-23(32)17-7-4-5-8-18(17)25/h4-5,7-14H,2-3,6H2,1H3,(H2,27,28,32,33). The molecule has 2 N–H and O–H groups in total. The molecular weight excluding hydrogens is 522 g/mol. The Kier molecular flexibility index (Phi) is 7.37. The first-order valence-electron chi connectivity index (χ1n) is 10.5. The molecule has 1 heterocycles. The number of benzene rings is 3. The summed E-state index contributed by atoms with van der Waals surface area (Å²) in [6, 6.07) is 18.8. The highest BCUT2D eigenvalue weighted by Crippen LogP contribution is 2.27. The minimum atomic E-state index is -0.328. The van der Waals surface area contributed by atoms with Crippen molar-refractivity contribution in [1.29, 1.82) is 0 Å². The van der Waals surface area contributed by atoms with E-state index < -0.39 is 0 Å². The van der Waals surface area contributed by atoms with Crippen molar-refractivity contribution >= 4 is 67.5 Å². The van der Waals surface area contributed by atoms with Crippen molar-refractivity contribution in [3.63, 3.8) is 0 Å². The van der Waals surface area contributed by atoms with Crippen LogP contribution in [0, 0.1) is 0 Å². The number of aryl methyl sites for hydroxylation is 1. The molecule has 0 aliphatic carbocycles. The molecule has 0 saturated heterocycles. The average Bonchev–Trinajstić information content (AvgIpc) is 3.21. The van der Waals surface area contributed by atoms with E-state index in [0.29, 0.717) is 31.8 Å². The van der Waals surface area contributed by atoms with Crippen LogP contribution in [0.25, 0.3) is 16.7 Å². The van der Waals surface area contributed by atoms with Crippen LogP contribution in [0.15, 0.2) is 65.1 Å². The largest absolute Gasteiger partial charge is 0.331 e. The van der Waals surface area contributed by atoms with Crippen LogP contribution in [0.4, 0.5) is 5.69 Å². The molecule has 6 nitrogen and oxygen atoms in total. The third-order valence-electron chi connectivity index (χ3n) is 5.05. The molecule has 0 atom stereocenters. The van der Waals surface area contributed by atoms with Gasteiger partial charge < -0.3 is 5.32 Å². The summed E-state index contributed by atoms with van der Waals surface area (Å²) in [6.07, 6.45) is 3.40. The molecule has 0 aliphatic heterocycles. The zero-order valence-corrected chi connectivity index (χ0v) is 21.0. The molecular formula is C24H21BrClN5OS. The number of hydrogen-bond acceptors (Lipinski definition) is 4. The maximum Gasteiger partial charge on any atom is 0.258 e. The van der Waals surface area contributed by atoms with E-state index in [9.17, 15) is 4.79 Å². The normalized spacial score (nSPS) is 10.9. The second-order valence-corrected chi connectivity index (χ2v) is 9.14. The fourth-order valence-corrected chi connectivity index (χ4v) is 4.17. The van der Waals surface area contributed by atoms with Gasteiger partial charge in [0.1, 0.15) is 11.0 Å². The fraction of sp³-hybridized carbons (Fsp3) is 0.167. The van der Waals surface area contributed by atoms with E-state index in [0.717, 1.165) is 12.1 Å². The van der Waals surface area contributed by atoms with Gasteiger partial charge in [0.15, 0.2) is 5.11 Å². The number of halogens is 2. The third kappa shape index (κ3) is 5.58. The van der Waals surface area contributed by atoms with Gasteiger partial charge >= 0.3 is 0 Å². The van der Waals surface area contributed by atoms with Crippen LogP contribution in [-0.2, 0) is 6.42 Å². The summed E-state index contributed by atoms with van der Waals surface area (Å²) in [4.78, 5) is 14.1. The maximum atomic E-state index is 12.5. The average molecular weight is 543 g/mol. The number of unbranched alkanes of at least 4 members (excludes halogenated alkanes) is 1. The Balaban J connectivity index is 1.50. The van der Waals surface area contributed by atoms with E-state index in [1.165, 1.54) is 18.4 Å². The van der Waals surface area contributed by atoms with Gasteiger partial charge in [0.25, 0.3) is 5.91 Å². The number of carbonyl (C=O) groups excluding carboxylic acids is 1. The summed E-state index contributed by atoms with van der Waals surface area (Å²) in [5, 5.41) is 15.3. The van der Waals surface area contributed by atoms with Gasteiger partial charge in [-0.25, -0.2) is 0 Å². The van der Waals surface area contributed by atoms with Crippen molar-refractivity contribution in [2.75, 3.05) is 5.32 Å². The monoisotopic (exact) mass is 541 g/mol. The Morgan fingerprint density at radius 3 is 2.48 bits per heavy atom. The van der Waals surface area contributed by atoms with Crippen LogP contribution >= 0.6 is 39.7 Å². The van der Waals surface area contributed by atoms with Crippen LogP contribution in [0.3, 0.4) is 0 Å².